The third-order valence-electron chi connectivity index (χ3n) is 3.25. The average molecular weight is 374 g/mol. The molecule has 0 radical (unpaired) electrons. The molecule has 1 atom stereocenters. The first-order chi connectivity index (χ1) is 9.97. The quantitative estimate of drug-likeness (QED) is 0.844. The molecule has 0 saturated carbocycles. The van der Waals surface area contributed by atoms with Gasteiger partial charge in [0, 0.05) is 23.8 Å². The van der Waals surface area contributed by atoms with Gasteiger partial charge in [-0.25, -0.2) is 4.68 Å². The maximum absolute atomic E-state index is 6.01. The van der Waals surface area contributed by atoms with Gasteiger partial charge in [-0.15, -0.1) is 0 Å². The smallest absolute Gasteiger partial charge is 0.216 e. The van der Waals surface area contributed by atoms with Crippen molar-refractivity contribution in [2.75, 3.05) is 19.0 Å². The van der Waals surface area contributed by atoms with Crippen LogP contribution in [0.2, 0.25) is 5.02 Å². The molecular weight excluding hydrogens is 356 g/mol. The molecular formula is C14H18BrClN4O. The minimum absolute atomic E-state index is 0.0956. The van der Waals surface area contributed by atoms with Crippen LogP contribution in [-0.2, 0) is 7.05 Å². The summed E-state index contributed by atoms with van der Waals surface area (Å²) in [4.78, 5) is 0. The van der Waals surface area contributed by atoms with E-state index < -0.39 is 0 Å². The molecule has 2 rings (SSSR count). The number of aryl methyl sites for hydroxylation is 2. The van der Waals surface area contributed by atoms with Crippen molar-refractivity contribution >= 4 is 33.2 Å². The minimum atomic E-state index is -0.0956. The summed E-state index contributed by atoms with van der Waals surface area (Å²) in [7, 11) is 3.48. The SMILES string of the molecule is COc1c(C(CN)Nc2ccc(Cl)c(Br)c2)c(C)nn1C. The van der Waals surface area contributed by atoms with Gasteiger partial charge in [0.05, 0.1) is 29.4 Å². The molecule has 7 heteroatoms. The number of nitrogens with two attached hydrogens (primary N) is 1. The van der Waals surface area contributed by atoms with E-state index in [-0.39, 0.29) is 6.04 Å². The Balaban J connectivity index is 2.34. The van der Waals surface area contributed by atoms with Crippen molar-refractivity contribution < 1.29 is 4.74 Å². The lowest BCUT2D eigenvalue weighted by Crippen LogP contribution is -2.21. The number of nitrogens with zero attached hydrogens (tertiary/aromatic N) is 2. The van der Waals surface area contributed by atoms with Crippen LogP contribution in [0.25, 0.3) is 0 Å². The first-order valence-electron chi connectivity index (χ1n) is 6.47. The van der Waals surface area contributed by atoms with Crippen molar-refractivity contribution in [2.45, 2.75) is 13.0 Å². The monoisotopic (exact) mass is 372 g/mol. The van der Waals surface area contributed by atoms with Crippen LogP contribution in [0.15, 0.2) is 22.7 Å². The third-order valence-corrected chi connectivity index (χ3v) is 4.47. The number of halogens is 2. The molecule has 1 unspecified atom stereocenters. The van der Waals surface area contributed by atoms with Gasteiger partial charge < -0.3 is 15.8 Å². The number of hydrogen-bond acceptors (Lipinski definition) is 4. The molecule has 2 aromatic rings. The van der Waals surface area contributed by atoms with Gasteiger partial charge in [0.1, 0.15) is 0 Å². The number of aromatic nitrogens is 2. The van der Waals surface area contributed by atoms with E-state index in [1.54, 1.807) is 11.8 Å². The van der Waals surface area contributed by atoms with Crippen molar-refractivity contribution in [3.8, 4) is 5.88 Å². The number of nitrogens with one attached hydrogen (secondary N) is 1. The summed E-state index contributed by atoms with van der Waals surface area (Å²) in [6, 6.07) is 5.56. The number of anilines is 1. The normalized spacial score (nSPS) is 12.3. The maximum Gasteiger partial charge on any atom is 0.216 e. The molecule has 1 aromatic carbocycles. The largest absolute Gasteiger partial charge is 0.481 e. The molecule has 1 aromatic heterocycles. The Labute approximate surface area is 137 Å². The summed E-state index contributed by atoms with van der Waals surface area (Å²) in [5.41, 5.74) is 8.71. The first kappa shape index (κ1) is 16.1. The summed E-state index contributed by atoms with van der Waals surface area (Å²) < 4.78 is 7.98. The van der Waals surface area contributed by atoms with E-state index in [9.17, 15) is 0 Å². The van der Waals surface area contributed by atoms with Crippen LogP contribution in [0, 0.1) is 6.92 Å². The van der Waals surface area contributed by atoms with Crippen LogP contribution >= 0.6 is 27.5 Å². The summed E-state index contributed by atoms with van der Waals surface area (Å²) >= 11 is 9.43. The van der Waals surface area contributed by atoms with Crippen LogP contribution in [0.5, 0.6) is 5.88 Å². The van der Waals surface area contributed by atoms with Crippen LogP contribution in [-0.4, -0.2) is 23.4 Å². The molecule has 21 heavy (non-hydrogen) atoms. The maximum atomic E-state index is 6.01. The zero-order valence-electron chi connectivity index (χ0n) is 12.2. The Morgan fingerprint density at radius 1 is 1.52 bits per heavy atom. The lowest BCUT2D eigenvalue weighted by Gasteiger charge is -2.19. The van der Waals surface area contributed by atoms with Gasteiger partial charge in [-0.2, -0.15) is 5.10 Å². The van der Waals surface area contributed by atoms with E-state index in [0.717, 1.165) is 21.4 Å². The highest BCUT2D eigenvalue weighted by Gasteiger charge is 2.22. The summed E-state index contributed by atoms with van der Waals surface area (Å²) in [6.45, 7) is 2.36. The highest BCUT2D eigenvalue weighted by molar-refractivity contribution is 9.10. The van der Waals surface area contributed by atoms with Gasteiger partial charge in [0.25, 0.3) is 0 Å². The Morgan fingerprint density at radius 2 is 2.24 bits per heavy atom. The topological polar surface area (TPSA) is 65.1 Å². The van der Waals surface area contributed by atoms with Gasteiger partial charge in [-0.3, -0.25) is 0 Å². The second-order valence-electron chi connectivity index (χ2n) is 4.69. The Kier molecular flexibility index (Phi) is 5.13. The number of rotatable bonds is 5. The zero-order valence-corrected chi connectivity index (χ0v) is 14.5. The van der Waals surface area contributed by atoms with Crippen molar-refractivity contribution in [2.24, 2.45) is 12.8 Å². The molecule has 3 N–H and O–H groups in total. The summed E-state index contributed by atoms with van der Waals surface area (Å²) in [6.07, 6.45) is 0. The molecule has 0 aliphatic rings. The fourth-order valence-corrected chi connectivity index (χ4v) is 2.83. The standard InChI is InChI=1S/C14H18BrClN4O/c1-8-13(14(21-3)20(2)19-8)12(7-17)18-9-4-5-11(16)10(15)6-9/h4-6,12,18H,7,17H2,1-3H3. The second-order valence-corrected chi connectivity index (χ2v) is 5.96. The van der Waals surface area contributed by atoms with E-state index in [2.05, 4.69) is 26.3 Å². The van der Waals surface area contributed by atoms with Gasteiger partial charge in [-0.1, -0.05) is 11.6 Å². The van der Waals surface area contributed by atoms with Crippen LogP contribution in [0.1, 0.15) is 17.3 Å². The van der Waals surface area contributed by atoms with Crippen LogP contribution < -0.4 is 15.8 Å². The molecule has 0 bridgehead atoms. The van der Waals surface area contributed by atoms with E-state index in [0.29, 0.717) is 17.4 Å². The van der Waals surface area contributed by atoms with E-state index in [1.165, 1.54) is 0 Å². The molecule has 0 saturated heterocycles. The fraction of sp³-hybridized carbons (Fsp3) is 0.357. The third kappa shape index (κ3) is 3.33. The van der Waals surface area contributed by atoms with Gasteiger partial charge >= 0.3 is 0 Å². The average Bonchev–Trinajstić information content (AvgIpc) is 2.74. The molecule has 114 valence electrons. The number of benzene rings is 1. The highest BCUT2D eigenvalue weighted by atomic mass is 79.9. The molecule has 0 aliphatic heterocycles. The minimum Gasteiger partial charge on any atom is -0.481 e. The number of ether oxygens (including phenoxy) is 1. The molecule has 5 nitrogen and oxygen atoms in total. The highest BCUT2D eigenvalue weighted by Crippen LogP contribution is 2.32. The predicted molar refractivity (Wildman–Crippen MR) is 89.1 cm³/mol. The van der Waals surface area contributed by atoms with E-state index in [4.69, 9.17) is 22.1 Å². The molecule has 0 spiro atoms. The van der Waals surface area contributed by atoms with Gasteiger partial charge in [-0.05, 0) is 41.1 Å². The van der Waals surface area contributed by atoms with E-state index in [1.807, 2.05) is 32.2 Å². The first-order valence-corrected chi connectivity index (χ1v) is 7.64. The number of hydrogen-bond donors (Lipinski definition) is 2. The van der Waals surface area contributed by atoms with Crippen molar-refractivity contribution in [1.82, 2.24) is 9.78 Å². The van der Waals surface area contributed by atoms with Crippen molar-refractivity contribution in [3.05, 3.63) is 39.0 Å². The lowest BCUT2D eigenvalue weighted by molar-refractivity contribution is 0.367. The lowest BCUT2D eigenvalue weighted by atomic mass is 10.1. The Morgan fingerprint density at radius 3 is 2.81 bits per heavy atom. The number of methoxy groups -OCH3 is 1. The molecule has 0 aliphatic carbocycles. The van der Waals surface area contributed by atoms with Gasteiger partial charge in [0.2, 0.25) is 5.88 Å². The van der Waals surface area contributed by atoms with Crippen LogP contribution in [0.3, 0.4) is 0 Å². The van der Waals surface area contributed by atoms with Crippen molar-refractivity contribution in [3.63, 3.8) is 0 Å². The Hall–Kier alpha value is -1.24. The fourth-order valence-electron chi connectivity index (χ4n) is 2.33. The van der Waals surface area contributed by atoms with Gasteiger partial charge in [0.15, 0.2) is 0 Å². The second kappa shape index (κ2) is 6.68. The van der Waals surface area contributed by atoms with Crippen molar-refractivity contribution in [1.29, 1.82) is 0 Å². The summed E-state index contributed by atoms with van der Waals surface area (Å²) in [5.74, 6) is 0.712. The predicted octanol–water partition coefficient (Wildman–Crippen LogP) is 3.26. The van der Waals surface area contributed by atoms with Crippen LogP contribution in [0.4, 0.5) is 5.69 Å². The van der Waals surface area contributed by atoms with E-state index >= 15 is 0 Å². The molecule has 1 heterocycles. The molecule has 0 amide bonds. The summed E-state index contributed by atoms with van der Waals surface area (Å²) in [5, 5.41) is 8.45. The Bertz CT molecular complexity index is 644. The molecule has 0 fully saturated rings. The zero-order chi connectivity index (χ0) is 15.6.